The molecule has 7 nitrogen and oxygen atoms in total. The number of aromatic nitrogens is 2. The van der Waals surface area contributed by atoms with Gasteiger partial charge in [0.15, 0.2) is 11.5 Å². The summed E-state index contributed by atoms with van der Waals surface area (Å²) in [5, 5.41) is 4.57. The van der Waals surface area contributed by atoms with E-state index in [-0.39, 0.29) is 11.5 Å². The molecule has 32 heavy (non-hydrogen) atoms. The number of hydrogen-bond donors (Lipinski definition) is 0. The molecule has 2 heterocycles. The number of nitrogens with zero attached hydrogens (tertiary/aromatic N) is 3. The van der Waals surface area contributed by atoms with Crippen LogP contribution >= 0.6 is 0 Å². The van der Waals surface area contributed by atoms with E-state index in [2.05, 4.69) is 5.10 Å². The molecular weight excluding hydrogens is 406 g/mol. The van der Waals surface area contributed by atoms with Gasteiger partial charge >= 0.3 is 0 Å². The fraction of sp³-hybridized carbons (Fsp3) is 0.320. The highest BCUT2D eigenvalue weighted by molar-refractivity contribution is 5.95. The topological polar surface area (TPSA) is 73.7 Å². The van der Waals surface area contributed by atoms with E-state index < -0.39 is 0 Å². The van der Waals surface area contributed by atoms with E-state index in [0.29, 0.717) is 42.6 Å². The number of piperidine rings is 1. The molecule has 4 rings (SSSR count). The molecule has 7 heteroatoms. The predicted molar refractivity (Wildman–Crippen MR) is 122 cm³/mol. The van der Waals surface area contributed by atoms with Crippen LogP contribution in [0.3, 0.4) is 0 Å². The first-order valence-corrected chi connectivity index (χ1v) is 10.7. The Morgan fingerprint density at radius 1 is 0.969 bits per heavy atom. The molecule has 0 bridgehead atoms. The van der Waals surface area contributed by atoms with Crippen LogP contribution in [0, 0.1) is 5.92 Å². The van der Waals surface area contributed by atoms with Gasteiger partial charge in [-0.1, -0.05) is 30.3 Å². The van der Waals surface area contributed by atoms with Crippen LogP contribution in [0.2, 0.25) is 0 Å². The summed E-state index contributed by atoms with van der Waals surface area (Å²) in [5.41, 5.74) is 2.24. The lowest BCUT2D eigenvalue weighted by Crippen LogP contribution is -2.40. The van der Waals surface area contributed by atoms with Gasteiger partial charge in [-0.15, -0.1) is 0 Å². The van der Waals surface area contributed by atoms with Crippen LogP contribution in [0.5, 0.6) is 11.5 Å². The summed E-state index contributed by atoms with van der Waals surface area (Å²) < 4.78 is 12.1. The van der Waals surface area contributed by atoms with Gasteiger partial charge in [0.2, 0.25) is 0 Å². The van der Waals surface area contributed by atoms with Crippen molar-refractivity contribution in [1.82, 2.24) is 14.7 Å². The average molecular weight is 434 g/mol. The summed E-state index contributed by atoms with van der Waals surface area (Å²) >= 11 is 0. The van der Waals surface area contributed by atoms with E-state index in [1.165, 1.54) is 0 Å². The normalized spacial score (nSPS) is 14.2. The highest BCUT2D eigenvalue weighted by atomic mass is 16.5. The summed E-state index contributed by atoms with van der Waals surface area (Å²) in [7, 11) is 3.13. The van der Waals surface area contributed by atoms with Crippen LogP contribution in [-0.4, -0.2) is 47.9 Å². The Bertz CT molecular complexity index is 1140. The zero-order valence-electron chi connectivity index (χ0n) is 18.4. The number of rotatable bonds is 6. The second-order valence-corrected chi connectivity index (χ2v) is 7.91. The van der Waals surface area contributed by atoms with Gasteiger partial charge in [0.1, 0.15) is 0 Å². The fourth-order valence-electron chi connectivity index (χ4n) is 4.06. The van der Waals surface area contributed by atoms with E-state index in [4.69, 9.17) is 9.47 Å². The van der Waals surface area contributed by atoms with Crippen LogP contribution in [0.15, 0.2) is 65.5 Å². The second-order valence-electron chi connectivity index (χ2n) is 7.91. The zero-order chi connectivity index (χ0) is 22.5. The van der Waals surface area contributed by atoms with Crippen molar-refractivity contribution in [3.63, 3.8) is 0 Å². The Kier molecular flexibility index (Phi) is 6.54. The van der Waals surface area contributed by atoms with E-state index in [1.807, 2.05) is 35.2 Å². The summed E-state index contributed by atoms with van der Waals surface area (Å²) in [5.74, 6) is 1.40. The number of benzene rings is 2. The third kappa shape index (κ3) is 4.66. The number of carbonyl (C=O) groups is 1. The van der Waals surface area contributed by atoms with Crippen molar-refractivity contribution in [3.8, 4) is 22.8 Å². The minimum atomic E-state index is -0.103. The number of likely N-dealkylation sites (tertiary alicyclic amines) is 1. The van der Waals surface area contributed by atoms with Gasteiger partial charge in [-0.3, -0.25) is 9.59 Å². The van der Waals surface area contributed by atoms with Crippen molar-refractivity contribution >= 4 is 5.91 Å². The van der Waals surface area contributed by atoms with Crippen molar-refractivity contribution in [2.75, 3.05) is 27.3 Å². The third-order valence-electron chi connectivity index (χ3n) is 5.90. The Labute approximate surface area is 187 Å². The average Bonchev–Trinajstić information content (AvgIpc) is 2.85. The minimum absolute atomic E-state index is 0.0224. The van der Waals surface area contributed by atoms with Crippen LogP contribution in [0.25, 0.3) is 11.3 Å². The van der Waals surface area contributed by atoms with Gasteiger partial charge in [-0.2, -0.15) is 5.10 Å². The number of amides is 1. The monoisotopic (exact) mass is 433 g/mol. The van der Waals surface area contributed by atoms with Crippen molar-refractivity contribution < 1.29 is 14.3 Å². The van der Waals surface area contributed by atoms with Gasteiger partial charge in [0.05, 0.1) is 19.9 Å². The van der Waals surface area contributed by atoms with E-state index >= 15 is 0 Å². The Balaban J connectivity index is 1.40. The first-order chi connectivity index (χ1) is 15.6. The molecule has 1 aliphatic rings. The number of hydrogen-bond acceptors (Lipinski definition) is 5. The van der Waals surface area contributed by atoms with Gasteiger partial charge in [0.25, 0.3) is 11.5 Å². The number of ether oxygens (including phenoxy) is 2. The highest BCUT2D eigenvalue weighted by Crippen LogP contribution is 2.29. The molecular formula is C25H27N3O4. The maximum Gasteiger partial charge on any atom is 0.266 e. The first kappa shape index (κ1) is 21.6. The smallest absolute Gasteiger partial charge is 0.266 e. The van der Waals surface area contributed by atoms with E-state index in [9.17, 15) is 9.59 Å². The van der Waals surface area contributed by atoms with Gasteiger partial charge in [-0.25, -0.2) is 4.68 Å². The maximum atomic E-state index is 13.0. The Morgan fingerprint density at radius 2 is 1.69 bits per heavy atom. The molecule has 1 fully saturated rings. The van der Waals surface area contributed by atoms with Gasteiger partial charge in [0, 0.05) is 36.8 Å². The number of methoxy groups -OCH3 is 2. The molecule has 1 aliphatic heterocycles. The quantitative estimate of drug-likeness (QED) is 0.595. The van der Waals surface area contributed by atoms with Gasteiger partial charge < -0.3 is 14.4 Å². The van der Waals surface area contributed by atoms with Crippen LogP contribution in [0.1, 0.15) is 23.2 Å². The summed E-state index contributed by atoms with van der Waals surface area (Å²) in [6.45, 7) is 1.84. The maximum absolute atomic E-state index is 13.0. The van der Waals surface area contributed by atoms with Crippen LogP contribution < -0.4 is 15.0 Å². The molecule has 0 radical (unpaired) electrons. The summed E-state index contributed by atoms with van der Waals surface area (Å²) in [4.78, 5) is 27.2. The molecule has 0 atom stereocenters. The van der Waals surface area contributed by atoms with E-state index in [0.717, 1.165) is 24.1 Å². The molecule has 1 aromatic heterocycles. The summed E-state index contributed by atoms with van der Waals surface area (Å²) in [6, 6.07) is 18.4. The fourth-order valence-corrected chi connectivity index (χ4v) is 4.06. The lowest BCUT2D eigenvalue weighted by Gasteiger charge is -2.32. The van der Waals surface area contributed by atoms with E-state index in [1.54, 1.807) is 49.2 Å². The third-order valence-corrected chi connectivity index (χ3v) is 5.90. The van der Waals surface area contributed by atoms with Crippen LogP contribution in [-0.2, 0) is 6.54 Å². The van der Waals surface area contributed by atoms with Gasteiger partial charge in [-0.05, 0) is 43.0 Å². The highest BCUT2D eigenvalue weighted by Gasteiger charge is 2.25. The predicted octanol–water partition coefficient (Wildman–Crippen LogP) is 3.48. The largest absolute Gasteiger partial charge is 0.493 e. The first-order valence-electron chi connectivity index (χ1n) is 10.7. The van der Waals surface area contributed by atoms with Crippen LogP contribution in [0.4, 0.5) is 0 Å². The molecule has 0 spiro atoms. The lowest BCUT2D eigenvalue weighted by molar-refractivity contribution is 0.0680. The number of carbonyl (C=O) groups excluding carboxylic acids is 1. The molecule has 1 amide bonds. The second kappa shape index (κ2) is 9.68. The van der Waals surface area contributed by atoms with Crippen molar-refractivity contribution in [3.05, 3.63) is 76.6 Å². The zero-order valence-corrected chi connectivity index (χ0v) is 18.4. The summed E-state index contributed by atoms with van der Waals surface area (Å²) in [6.07, 6.45) is 1.64. The molecule has 2 aromatic carbocycles. The van der Waals surface area contributed by atoms with Crippen molar-refractivity contribution in [2.24, 2.45) is 5.92 Å². The molecule has 1 saturated heterocycles. The molecule has 0 unspecified atom stereocenters. The molecule has 0 N–H and O–H groups in total. The molecule has 0 aliphatic carbocycles. The molecule has 3 aromatic rings. The Hall–Kier alpha value is -3.61. The SMILES string of the molecule is COc1ccc(C(=O)N2CCC(Cn3nc(-c4ccccc4)ccc3=O)CC2)cc1OC. The minimum Gasteiger partial charge on any atom is -0.493 e. The molecule has 0 saturated carbocycles. The lowest BCUT2D eigenvalue weighted by atomic mass is 9.96. The Morgan fingerprint density at radius 3 is 2.38 bits per heavy atom. The molecule has 166 valence electrons. The standard InChI is InChI=1S/C25H27N3O4/c1-31-22-10-8-20(16-23(22)32-2)25(30)27-14-12-18(13-15-27)17-28-24(29)11-9-21(26-28)19-6-4-3-5-7-19/h3-11,16,18H,12-15,17H2,1-2H3. The van der Waals surface area contributed by atoms with Crippen molar-refractivity contribution in [2.45, 2.75) is 19.4 Å². The van der Waals surface area contributed by atoms with Crippen molar-refractivity contribution in [1.29, 1.82) is 0 Å².